The molecule has 7 rings (SSSR count). The van der Waals surface area contributed by atoms with Crippen LogP contribution in [0.1, 0.15) is 74.9 Å². The average Bonchev–Trinajstić information content (AvgIpc) is 3.77. The Kier molecular flexibility index (Phi) is 7.58. The van der Waals surface area contributed by atoms with Crippen LogP contribution in [0.4, 0.5) is 0 Å². The summed E-state index contributed by atoms with van der Waals surface area (Å²) in [5, 5.41) is 14.5. The lowest BCUT2D eigenvalue weighted by Crippen LogP contribution is -2.05. The van der Waals surface area contributed by atoms with Gasteiger partial charge in [0, 0.05) is 36.3 Å². The first-order valence-electron chi connectivity index (χ1n) is 15.6. The smallest absolute Gasteiger partial charge is 0.180 e. The number of nitrogens with one attached hydrogen (secondary N) is 1. The van der Waals surface area contributed by atoms with E-state index >= 15 is 0 Å². The molecule has 6 aromatic rings. The molecule has 0 aliphatic heterocycles. The maximum atomic E-state index is 5.14. The molecule has 43 heavy (non-hydrogen) atoms. The van der Waals surface area contributed by atoms with E-state index in [9.17, 15) is 0 Å². The summed E-state index contributed by atoms with van der Waals surface area (Å²) in [6, 6.07) is 22.1. The Labute approximate surface area is 252 Å². The molecule has 8 heteroatoms. The van der Waals surface area contributed by atoms with Crippen molar-refractivity contribution in [1.29, 1.82) is 0 Å². The molecule has 0 saturated heterocycles. The summed E-state index contributed by atoms with van der Waals surface area (Å²) >= 11 is 0. The molecule has 0 unspecified atom stereocenters. The zero-order valence-corrected chi connectivity index (χ0v) is 25.0. The molecule has 218 valence electrons. The van der Waals surface area contributed by atoms with Crippen molar-refractivity contribution in [2.75, 3.05) is 0 Å². The molecule has 1 saturated carbocycles. The second kappa shape index (κ2) is 12.0. The second-order valence-electron chi connectivity index (χ2n) is 11.9. The summed E-state index contributed by atoms with van der Waals surface area (Å²) in [6.07, 6.45) is 14.1. The summed E-state index contributed by atoms with van der Waals surface area (Å²) < 4.78 is 4.76. The van der Waals surface area contributed by atoms with E-state index in [0.29, 0.717) is 11.9 Å². The lowest BCUT2D eigenvalue weighted by molar-refractivity contribution is 0.443. The van der Waals surface area contributed by atoms with Gasteiger partial charge in [-0.2, -0.15) is 0 Å². The molecule has 1 aliphatic rings. The molecule has 3 heterocycles. The number of aromatic amines is 1. The van der Waals surface area contributed by atoms with Gasteiger partial charge in [-0.05, 0) is 71.0 Å². The molecular formula is C35H38N8. The SMILES string of the molecule is CCCc1nc2c(C)cc(-c3cn(C4CCCCCC4)cn3)cc2n1Cc1ccc(-c2ccccc2-c2nnn[nH]2)cc1. The molecule has 8 nitrogen and oxygen atoms in total. The number of hydrogen-bond acceptors (Lipinski definition) is 5. The van der Waals surface area contributed by atoms with Gasteiger partial charge in [0.15, 0.2) is 5.82 Å². The Balaban J connectivity index is 1.21. The number of benzene rings is 3. The van der Waals surface area contributed by atoms with Crippen LogP contribution in [-0.2, 0) is 13.0 Å². The van der Waals surface area contributed by atoms with Crippen LogP contribution >= 0.6 is 0 Å². The van der Waals surface area contributed by atoms with Crippen molar-refractivity contribution in [3.63, 3.8) is 0 Å². The Hall–Kier alpha value is -4.59. The average molecular weight is 571 g/mol. The van der Waals surface area contributed by atoms with E-state index in [1.54, 1.807) is 0 Å². The van der Waals surface area contributed by atoms with E-state index < -0.39 is 0 Å². The third kappa shape index (κ3) is 5.49. The highest BCUT2D eigenvalue weighted by atomic mass is 15.5. The number of nitrogens with zero attached hydrogens (tertiary/aromatic N) is 7. The van der Waals surface area contributed by atoms with E-state index in [4.69, 9.17) is 9.97 Å². The summed E-state index contributed by atoms with van der Waals surface area (Å²) in [4.78, 5) is 10.0. The van der Waals surface area contributed by atoms with Crippen molar-refractivity contribution in [3.8, 4) is 33.8 Å². The maximum absolute atomic E-state index is 5.14. The first-order valence-corrected chi connectivity index (χ1v) is 15.6. The fourth-order valence-electron chi connectivity index (χ4n) is 6.61. The van der Waals surface area contributed by atoms with Crippen molar-refractivity contribution in [2.45, 2.75) is 77.8 Å². The minimum absolute atomic E-state index is 0.567. The van der Waals surface area contributed by atoms with Gasteiger partial charge < -0.3 is 9.13 Å². The van der Waals surface area contributed by atoms with Crippen molar-refractivity contribution in [1.82, 2.24) is 39.7 Å². The zero-order valence-electron chi connectivity index (χ0n) is 25.0. The summed E-state index contributed by atoms with van der Waals surface area (Å²) in [6.45, 7) is 5.16. The minimum Gasteiger partial charge on any atom is -0.334 e. The summed E-state index contributed by atoms with van der Waals surface area (Å²) in [5.41, 5.74) is 10.1. The lowest BCUT2D eigenvalue weighted by Gasteiger charge is -2.15. The zero-order chi connectivity index (χ0) is 29.2. The van der Waals surface area contributed by atoms with Gasteiger partial charge in [0.05, 0.1) is 23.1 Å². The van der Waals surface area contributed by atoms with Crippen molar-refractivity contribution in [3.05, 3.63) is 90.1 Å². The molecular weight excluding hydrogens is 532 g/mol. The van der Waals surface area contributed by atoms with Gasteiger partial charge in [-0.25, -0.2) is 15.1 Å². The standard InChI is InChI=1S/C35H38N8/c1-3-10-33-37-34-24(2)19-27(31-22-42(23-36-31)28-11-6-4-5-7-12-28)20-32(34)43(33)21-25-15-17-26(18-16-25)29-13-8-9-14-30(29)35-38-40-41-39-35/h8-9,13-20,22-23,28H,3-7,10-12,21H2,1-2H3,(H,38,39,40,41). The monoisotopic (exact) mass is 570 g/mol. The largest absolute Gasteiger partial charge is 0.334 e. The normalized spacial score (nSPS) is 14.4. The number of tetrazole rings is 1. The highest BCUT2D eigenvalue weighted by molar-refractivity contribution is 5.85. The number of H-pyrrole nitrogens is 1. The summed E-state index contributed by atoms with van der Waals surface area (Å²) in [7, 11) is 0. The Morgan fingerprint density at radius 1 is 0.907 bits per heavy atom. The first kappa shape index (κ1) is 27.3. The molecule has 0 radical (unpaired) electrons. The highest BCUT2D eigenvalue weighted by Crippen LogP contribution is 2.33. The number of hydrogen-bond donors (Lipinski definition) is 1. The first-order chi connectivity index (χ1) is 21.2. The molecule has 0 amide bonds. The predicted molar refractivity (Wildman–Crippen MR) is 171 cm³/mol. The van der Waals surface area contributed by atoms with Crippen LogP contribution in [-0.4, -0.2) is 39.7 Å². The Morgan fingerprint density at radius 2 is 1.70 bits per heavy atom. The van der Waals surface area contributed by atoms with Gasteiger partial charge in [0.2, 0.25) is 0 Å². The van der Waals surface area contributed by atoms with E-state index in [1.807, 2.05) is 24.5 Å². The van der Waals surface area contributed by atoms with Crippen molar-refractivity contribution >= 4 is 11.0 Å². The third-order valence-electron chi connectivity index (χ3n) is 8.87. The molecule has 3 aromatic heterocycles. The number of imidazole rings is 2. The fraction of sp³-hybridized carbons (Fsp3) is 0.343. The number of rotatable bonds is 8. The van der Waals surface area contributed by atoms with E-state index in [2.05, 4.69) is 92.3 Å². The van der Waals surface area contributed by atoms with E-state index in [1.165, 1.54) is 55.2 Å². The van der Waals surface area contributed by atoms with Gasteiger partial charge in [0.25, 0.3) is 0 Å². The van der Waals surface area contributed by atoms with Crippen LogP contribution in [0, 0.1) is 6.92 Å². The lowest BCUT2D eigenvalue weighted by atomic mass is 9.98. The number of aryl methyl sites for hydroxylation is 2. The van der Waals surface area contributed by atoms with Crippen molar-refractivity contribution < 1.29 is 0 Å². The quantitative estimate of drug-likeness (QED) is 0.188. The molecule has 1 fully saturated rings. The van der Waals surface area contributed by atoms with Crippen LogP contribution in [0.25, 0.3) is 44.8 Å². The second-order valence-corrected chi connectivity index (χ2v) is 11.9. The van der Waals surface area contributed by atoms with Crippen LogP contribution in [0.5, 0.6) is 0 Å². The van der Waals surface area contributed by atoms with Crippen LogP contribution in [0.15, 0.2) is 73.2 Å². The molecule has 0 bridgehead atoms. The van der Waals surface area contributed by atoms with Crippen LogP contribution < -0.4 is 0 Å². The number of fused-ring (bicyclic) bond motifs is 1. The van der Waals surface area contributed by atoms with Gasteiger partial charge in [0.1, 0.15) is 5.82 Å². The third-order valence-corrected chi connectivity index (χ3v) is 8.87. The molecule has 0 spiro atoms. The van der Waals surface area contributed by atoms with Gasteiger partial charge in [-0.1, -0.05) is 81.1 Å². The van der Waals surface area contributed by atoms with Gasteiger partial charge >= 0.3 is 0 Å². The van der Waals surface area contributed by atoms with E-state index in [-0.39, 0.29) is 0 Å². The Bertz CT molecular complexity index is 1820. The number of aromatic nitrogens is 8. The van der Waals surface area contributed by atoms with Crippen LogP contribution in [0.3, 0.4) is 0 Å². The van der Waals surface area contributed by atoms with E-state index in [0.717, 1.165) is 58.7 Å². The predicted octanol–water partition coefficient (Wildman–Crippen LogP) is 7.95. The van der Waals surface area contributed by atoms with Gasteiger partial charge in [-0.3, -0.25) is 0 Å². The Morgan fingerprint density at radius 3 is 2.44 bits per heavy atom. The molecule has 0 atom stereocenters. The fourth-order valence-corrected chi connectivity index (χ4v) is 6.61. The molecule has 3 aromatic carbocycles. The topological polar surface area (TPSA) is 90.1 Å². The van der Waals surface area contributed by atoms with Gasteiger partial charge in [-0.15, -0.1) is 5.10 Å². The summed E-state index contributed by atoms with van der Waals surface area (Å²) in [5.74, 6) is 1.80. The minimum atomic E-state index is 0.567. The van der Waals surface area contributed by atoms with Crippen molar-refractivity contribution in [2.24, 2.45) is 0 Å². The molecule has 1 aliphatic carbocycles. The highest BCUT2D eigenvalue weighted by Gasteiger charge is 2.18. The van der Waals surface area contributed by atoms with Crippen LogP contribution in [0.2, 0.25) is 0 Å². The molecule has 1 N–H and O–H groups in total. The maximum Gasteiger partial charge on any atom is 0.180 e.